The summed E-state index contributed by atoms with van der Waals surface area (Å²) in [4.78, 5) is 13.4. The fourth-order valence-corrected chi connectivity index (χ4v) is 2.65. The molecule has 1 N–H and O–H groups in total. The maximum absolute atomic E-state index is 11.3. The number of carbonyl (C=O) groups is 1. The third kappa shape index (κ3) is 3.11. The number of hydrogen-bond acceptors (Lipinski definition) is 4. The zero-order valence-electron chi connectivity index (χ0n) is 11.9. The lowest BCUT2D eigenvalue weighted by atomic mass is 10.0. The van der Waals surface area contributed by atoms with Gasteiger partial charge in [-0.2, -0.15) is 0 Å². The Morgan fingerprint density at radius 2 is 2.20 bits per heavy atom. The van der Waals surface area contributed by atoms with E-state index in [4.69, 9.17) is 9.47 Å². The summed E-state index contributed by atoms with van der Waals surface area (Å²) in [6.07, 6.45) is 0. The zero-order chi connectivity index (χ0) is 14.5. The van der Waals surface area contributed by atoms with Gasteiger partial charge in [0.1, 0.15) is 5.75 Å². The highest BCUT2D eigenvalue weighted by Gasteiger charge is 2.37. The van der Waals surface area contributed by atoms with Crippen molar-refractivity contribution in [3.8, 4) is 5.75 Å². The van der Waals surface area contributed by atoms with Crippen LogP contribution in [-0.2, 0) is 16.1 Å². The zero-order valence-corrected chi connectivity index (χ0v) is 11.9. The number of rotatable bonds is 6. The fourth-order valence-electron chi connectivity index (χ4n) is 2.65. The summed E-state index contributed by atoms with van der Waals surface area (Å²) in [5.74, 6) is -0.410. The first-order valence-electron chi connectivity index (χ1n) is 6.83. The van der Waals surface area contributed by atoms with Gasteiger partial charge in [-0.25, -0.2) is 0 Å². The Morgan fingerprint density at radius 3 is 2.85 bits per heavy atom. The second-order valence-electron chi connectivity index (χ2n) is 4.92. The second-order valence-corrected chi connectivity index (χ2v) is 4.92. The van der Waals surface area contributed by atoms with Gasteiger partial charge in [0.25, 0.3) is 0 Å². The molecular weight excluding hydrogens is 258 g/mol. The van der Waals surface area contributed by atoms with Gasteiger partial charge in [-0.05, 0) is 12.6 Å². The summed E-state index contributed by atoms with van der Waals surface area (Å²) in [6.45, 7) is 4.24. The molecule has 1 aliphatic rings. The Balaban J connectivity index is 2.14. The van der Waals surface area contributed by atoms with Crippen molar-refractivity contribution in [2.75, 3.05) is 26.9 Å². The number of ether oxygens (including phenoxy) is 2. The van der Waals surface area contributed by atoms with Crippen molar-refractivity contribution in [2.45, 2.75) is 19.5 Å². The van der Waals surface area contributed by atoms with Crippen LogP contribution in [0.15, 0.2) is 24.3 Å². The van der Waals surface area contributed by atoms with E-state index in [1.54, 1.807) is 7.11 Å². The van der Waals surface area contributed by atoms with Crippen molar-refractivity contribution in [1.82, 2.24) is 4.90 Å². The first kappa shape index (κ1) is 14.8. The van der Waals surface area contributed by atoms with E-state index in [1.807, 2.05) is 31.2 Å². The van der Waals surface area contributed by atoms with E-state index in [9.17, 15) is 9.90 Å². The molecule has 0 radical (unpaired) electrons. The van der Waals surface area contributed by atoms with Gasteiger partial charge in [0.15, 0.2) is 0 Å². The van der Waals surface area contributed by atoms with Crippen molar-refractivity contribution in [3.63, 3.8) is 0 Å². The minimum atomic E-state index is -0.786. The average Bonchev–Trinajstić information content (AvgIpc) is 2.94. The highest BCUT2D eigenvalue weighted by Crippen LogP contribution is 2.25. The summed E-state index contributed by atoms with van der Waals surface area (Å²) >= 11 is 0. The minimum Gasteiger partial charge on any atom is -0.496 e. The molecule has 1 aliphatic heterocycles. The molecule has 0 aliphatic carbocycles. The van der Waals surface area contributed by atoms with Crippen LogP contribution in [0.4, 0.5) is 0 Å². The number of methoxy groups -OCH3 is 1. The van der Waals surface area contributed by atoms with Crippen molar-refractivity contribution < 1.29 is 19.4 Å². The predicted octanol–water partition coefficient (Wildman–Crippen LogP) is 1.62. The van der Waals surface area contributed by atoms with Crippen LogP contribution in [0, 0.1) is 5.92 Å². The average molecular weight is 279 g/mol. The van der Waals surface area contributed by atoms with Gasteiger partial charge in [-0.15, -0.1) is 0 Å². The minimum absolute atomic E-state index is 0.0811. The molecule has 0 bridgehead atoms. The summed E-state index contributed by atoms with van der Waals surface area (Å²) < 4.78 is 10.7. The highest BCUT2D eigenvalue weighted by atomic mass is 16.5. The first-order valence-corrected chi connectivity index (χ1v) is 6.83. The number of benzene rings is 1. The molecule has 1 fully saturated rings. The maximum atomic E-state index is 11.3. The first-order chi connectivity index (χ1) is 9.67. The van der Waals surface area contributed by atoms with E-state index < -0.39 is 11.9 Å². The SMILES string of the molecule is CCN(Cc1ccccc1OC)C1COCC1C(=O)O. The Morgan fingerprint density at radius 1 is 1.45 bits per heavy atom. The number of hydrogen-bond donors (Lipinski definition) is 1. The van der Waals surface area contributed by atoms with E-state index >= 15 is 0 Å². The molecule has 0 amide bonds. The van der Waals surface area contributed by atoms with Crippen molar-refractivity contribution in [1.29, 1.82) is 0 Å². The molecule has 2 atom stereocenters. The highest BCUT2D eigenvalue weighted by molar-refractivity contribution is 5.71. The van der Waals surface area contributed by atoms with E-state index in [2.05, 4.69) is 4.90 Å². The topological polar surface area (TPSA) is 59.0 Å². The molecule has 1 aromatic carbocycles. The Bertz CT molecular complexity index is 463. The van der Waals surface area contributed by atoms with Crippen LogP contribution in [0.1, 0.15) is 12.5 Å². The van der Waals surface area contributed by atoms with Crippen LogP contribution in [0.2, 0.25) is 0 Å². The number of para-hydroxylation sites is 1. The maximum Gasteiger partial charge on any atom is 0.310 e. The molecule has 2 rings (SSSR count). The molecule has 0 spiro atoms. The predicted molar refractivity (Wildman–Crippen MR) is 74.8 cm³/mol. The van der Waals surface area contributed by atoms with Crippen molar-refractivity contribution in [3.05, 3.63) is 29.8 Å². The van der Waals surface area contributed by atoms with Gasteiger partial charge in [-0.1, -0.05) is 25.1 Å². The van der Waals surface area contributed by atoms with Gasteiger partial charge >= 0.3 is 5.97 Å². The molecular formula is C15H21NO4. The quantitative estimate of drug-likeness (QED) is 0.857. The van der Waals surface area contributed by atoms with Crippen LogP contribution in [0.3, 0.4) is 0 Å². The van der Waals surface area contributed by atoms with Gasteiger partial charge < -0.3 is 14.6 Å². The second kappa shape index (κ2) is 6.72. The van der Waals surface area contributed by atoms with Crippen LogP contribution in [0.5, 0.6) is 5.75 Å². The number of carboxylic acids is 1. The number of nitrogens with zero attached hydrogens (tertiary/aromatic N) is 1. The largest absolute Gasteiger partial charge is 0.496 e. The Hall–Kier alpha value is -1.59. The number of carboxylic acid groups (broad SMARTS) is 1. The third-order valence-corrected chi connectivity index (χ3v) is 3.81. The normalized spacial score (nSPS) is 22.1. The fraction of sp³-hybridized carbons (Fsp3) is 0.533. The summed E-state index contributed by atoms with van der Waals surface area (Å²) in [7, 11) is 1.65. The molecule has 1 aromatic rings. The molecule has 5 nitrogen and oxygen atoms in total. The van der Waals surface area contributed by atoms with E-state index in [0.29, 0.717) is 19.8 Å². The molecule has 0 aromatic heterocycles. The Labute approximate surface area is 119 Å². The molecule has 20 heavy (non-hydrogen) atoms. The standard InChI is InChI=1S/C15H21NO4/c1-3-16(13-10-20-9-12(13)15(17)18)8-11-6-4-5-7-14(11)19-2/h4-7,12-13H,3,8-10H2,1-2H3,(H,17,18). The summed E-state index contributed by atoms with van der Waals surface area (Å²) in [5, 5.41) is 9.26. The molecule has 110 valence electrons. The van der Waals surface area contributed by atoms with Crippen LogP contribution >= 0.6 is 0 Å². The number of aliphatic carboxylic acids is 1. The Kier molecular flexibility index (Phi) is 4.98. The third-order valence-electron chi connectivity index (χ3n) is 3.81. The van der Waals surface area contributed by atoms with Gasteiger partial charge in [0.2, 0.25) is 0 Å². The van der Waals surface area contributed by atoms with Crippen molar-refractivity contribution >= 4 is 5.97 Å². The molecule has 5 heteroatoms. The monoisotopic (exact) mass is 279 g/mol. The summed E-state index contributed by atoms with van der Waals surface area (Å²) in [6, 6.07) is 7.74. The molecule has 1 heterocycles. The lowest BCUT2D eigenvalue weighted by Gasteiger charge is -2.29. The van der Waals surface area contributed by atoms with Gasteiger partial charge in [-0.3, -0.25) is 9.69 Å². The molecule has 0 saturated carbocycles. The molecule has 1 saturated heterocycles. The smallest absolute Gasteiger partial charge is 0.310 e. The summed E-state index contributed by atoms with van der Waals surface area (Å²) in [5.41, 5.74) is 1.06. The lowest BCUT2D eigenvalue weighted by Crippen LogP contribution is -2.42. The van der Waals surface area contributed by atoms with Gasteiger partial charge in [0, 0.05) is 18.2 Å². The number of likely N-dealkylation sites (N-methyl/N-ethyl adjacent to an activating group) is 1. The molecule has 2 unspecified atom stereocenters. The van der Waals surface area contributed by atoms with E-state index in [1.165, 1.54) is 0 Å². The van der Waals surface area contributed by atoms with Crippen LogP contribution in [-0.4, -0.2) is 48.9 Å². The van der Waals surface area contributed by atoms with Crippen molar-refractivity contribution in [2.24, 2.45) is 5.92 Å². The van der Waals surface area contributed by atoms with E-state index in [0.717, 1.165) is 17.9 Å². The lowest BCUT2D eigenvalue weighted by molar-refractivity contribution is -0.143. The van der Waals surface area contributed by atoms with Gasteiger partial charge in [0.05, 0.1) is 26.2 Å². The van der Waals surface area contributed by atoms with Crippen LogP contribution < -0.4 is 4.74 Å². The van der Waals surface area contributed by atoms with Crippen LogP contribution in [0.25, 0.3) is 0 Å². The van der Waals surface area contributed by atoms with E-state index in [-0.39, 0.29) is 6.04 Å².